The van der Waals surface area contributed by atoms with E-state index in [0.717, 1.165) is 11.1 Å². The first-order valence-electron chi connectivity index (χ1n) is 9.25. The van der Waals surface area contributed by atoms with Crippen LogP contribution in [0, 0.1) is 0 Å². The molecule has 150 valence electrons. The molecule has 0 saturated heterocycles. The van der Waals surface area contributed by atoms with Gasteiger partial charge in [0.2, 0.25) is 0 Å². The van der Waals surface area contributed by atoms with E-state index in [9.17, 15) is 13.5 Å². The van der Waals surface area contributed by atoms with Gasteiger partial charge in [0.05, 0.1) is 16.8 Å². The second-order valence-electron chi connectivity index (χ2n) is 6.82. The second kappa shape index (κ2) is 8.00. The molecule has 0 amide bonds. The predicted octanol–water partition coefficient (Wildman–Crippen LogP) is 5.51. The Kier molecular flexibility index (Phi) is 5.25. The van der Waals surface area contributed by atoms with E-state index in [2.05, 4.69) is 11.7 Å². The molecule has 5 nitrogen and oxygen atoms in total. The molecule has 30 heavy (non-hydrogen) atoms. The Morgan fingerprint density at radius 2 is 1.67 bits per heavy atom. The molecule has 0 unspecified atom stereocenters. The third kappa shape index (κ3) is 3.90. The molecule has 0 fully saturated rings. The first kappa shape index (κ1) is 19.7. The zero-order chi connectivity index (χ0) is 21.1. The lowest BCUT2D eigenvalue weighted by molar-refractivity contribution is 0.431. The van der Waals surface area contributed by atoms with Gasteiger partial charge in [-0.2, -0.15) is 0 Å². The Morgan fingerprint density at radius 1 is 0.933 bits per heavy atom. The number of sulfone groups is 1. The summed E-state index contributed by atoms with van der Waals surface area (Å²) in [4.78, 5) is 0.140. The third-order valence-electron chi connectivity index (χ3n) is 4.79. The highest BCUT2D eigenvalue weighted by Gasteiger charge is 2.23. The minimum Gasteiger partial charge on any atom is -0.508 e. The molecule has 1 aromatic heterocycles. The summed E-state index contributed by atoms with van der Waals surface area (Å²) in [6.45, 7) is 3.59. The highest BCUT2D eigenvalue weighted by atomic mass is 32.2. The van der Waals surface area contributed by atoms with Crippen molar-refractivity contribution < 1.29 is 18.0 Å². The highest BCUT2D eigenvalue weighted by Crippen LogP contribution is 2.32. The zero-order valence-electron chi connectivity index (χ0n) is 16.0. The predicted molar refractivity (Wildman–Crippen MR) is 116 cm³/mol. The Balaban J connectivity index is 1.80. The van der Waals surface area contributed by atoms with Crippen LogP contribution >= 0.6 is 0 Å². The van der Waals surface area contributed by atoms with Crippen molar-refractivity contribution in [3.8, 4) is 22.5 Å². The van der Waals surface area contributed by atoms with Crippen LogP contribution in [0.15, 0.2) is 101 Å². The molecule has 4 rings (SSSR count). The van der Waals surface area contributed by atoms with Gasteiger partial charge in [0.15, 0.2) is 15.6 Å². The first-order chi connectivity index (χ1) is 14.5. The minimum atomic E-state index is -3.76. The van der Waals surface area contributed by atoms with Gasteiger partial charge in [-0.3, -0.25) is 0 Å². The number of hydrogen-bond acceptors (Lipinski definition) is 5. The SMILES string of the molecule is C=C(O)c1ccc(-c2ccccc2)cc1CS(=O)(=O)c1ccccc1-c1ccno1. The molecule has 0 aliphatic carbocycles. The van der Waals surface area contributed by atoms with Crippen LogP contribution in [0.3, 0.4) is 0 Å². The lowest BCUT2D eigenvalue weighted by Gasteiger charge is -2.13. The average molecular weight is 417 g/mol. The number of aromatic nitrogens is 1. The molecular weight excluding hydrogens is 398 g/mol. The van der Waals surface area contributed by atoms with E-state index < -0.39 is 9.84 Å². The maximum absolute atomic E-state index is 13.4. The molecule has 0 saturated carbocycles. The molecule has 0 spiro atoms. The summed E-state index contributed by atoms with van der Waals surface area (Å²) >= 11 is 0. The Bertz CT molecular complexity index is 1290. The average Bonchev–Trinajstić information content (AvgIpc) is 3.29. The van der Waals surface area contributed by atoms with Crippen molar-refractivity contribution in [2.75, 3.05) is 0 Å². The molecule has 1 N–H and O–H groups in total. The van der Waals surface area contributed by atoms with Crippen molar-refractivity contribution >= 4 is 15.6 Å². The normalized spacial score (nSPS) is 11.3. The Labute approximate surface area is 174 Å². The monoisotopic (exact) mass is 417 g/mol. The van der Waals surface area contributed by atoms with Crippen LogP contribution in [-0.2, 0) is 15.6 Å². The first-order valence-corrected chi connectivity index (χ1v) is 10.9. The highest BCUT2D eigenvalue weighted by molar-refractivity contribution is 7.90. The van der Waals surface area contributed by atoms with Gasteiger partial charge in [-0.25, -0.2) is 8.42 Å². The van der Waals surface area contributed by atoms with Crippen molar-refractivity contribution in [2.24, 2.45) is 0 Å². The van der Waals surface area contributed by atoms with E-state index in [1.54, 1.807) is 42.5 Å². The fourth-order valence-electron chi connectivity index (χ4n) is 3.38. The van der Waals surface area contributed by atoms with E-state index in [0.29, 0.717) is 22.5 Å². The molecule has 1 heterocycles. The summed E-state index contributed by atoms with van der Waals surface area (Å²) in [5.41, 5.74) is 3.12. The van der Waals surface area contributed by atoms with Crippen LogP contribution in [0.1, 0.15) is 11.1 Å². The van der Waals surface area contributed by atoms with Gasteiger partial charge in [-0.1, -0.05) is 66.3 Å². The molecule has 0 radical (unpaired) electrons. The molecule has 4 aromatic rings. The van der Waals surface area contributed by atoms with Crippen molar-refractivity contribution in [3.05, 3.63) is 103 Å². The lowest BCUT2D eigenvalue weighted by Crippen LogP contribution is -2.08. The van der Waals surface area contributed by atoms with Crippen LogP contribution in [0.4, 0.5) is 0 Å². The van der Waals surface area contributed by atoms with Crippen molar-refractivity contribution in [1.82, 2.24) is 5.16 Å². The third-order valence-corrected chi connectivity index (χ3v) is 6.51. The fraction of sp³-hybridized carbons (Fsp3) is 0.0417. The molecule has 3 aromatic carbocycles. The van der Waals surface area contributed by atoms with Crippen LogP contribution in [-0.4, -0.2) is 18.7 Å². The lowest BCUT2D eigenvalue weighted by atomic mass is 9.99. The molecular formula is C24H19NO4S. The van der Waals surface area contributed by atoms with E-state index in [-0.39, 0.29) is 16.4 Å². The fourth-order valence-corrected chi connectivity index (χ4v) is 4.98. The van der Waals surface area contributed by atoms with Crippen LogP contribution < -0.4 is 0 Å². The van der Waals surface area contributed by atoms with Crippen LogP contribution in [0.2, 0.25) is 0 Å². The topological polar surface area (TPSA) is 80.4 Å². The zero-order valence-corrected chi connectivity index (χ0v) is 16.8. The second-order valence-corrected chi connectivity index (χ2v) is 8.77. The van der Waals surface area contributed by atoms with Gasteiger partial charge in [0.25, 0.3) is 0 Å². The molecule has 0 aliphatic rings. The summed E-state index contributed by atoms with van der Waals surface area (Å²) in [6.07, 6.45) is 1.47. The molecule has 0 aliphatic heterocycles. The largest absolute Gasteiger partial charge is 0.508 e. The Morgan fingerprint density at radius 3 is 2.37 bits per heavy atom. The number of aliphatic hydroxyl groups is 1. The van der Waals surface area contributed by atoms with Gasteiger partial charge in [-0.15, -0.1) is 0 Å². The molecule has 0 atom stereocenters. The standard InChI is InChI=1S/C24H19NO4S/c1-17(26)21-12-11-19(18-7-3-2-4-8-18)15-20(21)16-30(27,28)24-10-6-5-9-22(24)23-13-14-25-29-23/h2-15,26H,1,16H2. The van der Waals surface area contributed by atoms with E-state index >= 15 is 0 Å². The quantitative estimate of drug-likeness (QED) is 0.418. The molecule has 6 heteroatoms. The summed E-state index contributed by atoms with van der Waals surface area (Å²) in [5, 5.41) is 13.7. The van der Waals surface area contributed by atoms with E-state index in [1.165, 1.54) is 6.20 Å². The van der Waals surface area contributed by atoms with Crippen molar-refractivity contribution in [3.63, 3.8) is 0 Å². The van der Waals surface area contributed by atoms with E-state index in [1.807, 2.05) is 36.4 Å². The number of hydrogen-bond donors (Lipinski definition) is 1. The van der Waals surface area contributed by atoms with Gasteiger partial charge < -0.3 is 9.63 Å². The van der Waals surface area contributed by atoms with Gasteiger partial charge in [0, 0.05) is 17.2 Å². The van der Waals surface area contributed by atoms with Gasteiger partial charge >= 0.3 is 0 Å². The van der Waals surface area contributed by atoms with Crippen LogP contribution in [0.5, 0.6) is 0 Å². The number of nitrogens with zero attached hydrogens (tertiary/aromatic N) is 1. The van der Waals surface area contributed by atoms with Crippen molar-refractivity contribution in [1.29, 1.82) is 0 Å². The number of rotatable bonds is 6. The summed E-state index contributed by atoms with van der Waals surface area (Å²) in [7, 11) is -3.76. The summed E-state index contributed by atoms with van der Waals surface area (Å²) in [5.74, 6) is -0.101. The van der Waals surface area contributed by atoms with E-state index in [4.69, 9.17) is 4.52 Å². The van der Waals surface area contributed by atoms with Gasteiger partial charge in [0.1, 0.15) is 5.76 Å². The maximum atomic E-state index is 13.4. The molecule has 0 bridgehead atoms. The summed E-state index contributed by atoms with van der Waals surface area (Å²) < 4.78 is 31.9. The van der Waals surface area contributed by atoms with Crippen molar-refractivity contribution in [2.45, 2.75) is 10.6 Å². The Hall–Kier alpha value is -3.64. The van der Waals surface area contributed by atoms with Crippen LogP contribution in [0.25, 0.3) is 28.2 Å². The number of benzene rings is 3. The maximum Gasteiger partial charge on any atom is 0.183 e. The summed E-state index contributed by atoms with van der Waals surface area (Å²) in [6, 6.07) is 23.2. The van der Waals surface area contributed by atoms with Gasteiger partial charge in [-0.05, 0) is 34.9 Å². The minimum absolute atomic E-state index is 0.140. The number of aliphatic hydroxyl groups excluding tert-OH is 1. The smallest absolute Gasteiger partial charge is 0.183 e.